The maximum Gasteiger partial charge on any atom is 0.172 e. The molecule has 111 valence electrons. The molecule has 0 aromatic carbocycles. The lowest BCUT2D eigenvalue weighted by Crippen LogP contribution is -2.37. The number of hydrogen-bond donors (Lipinski definition) is 0. The molecule has 1 aliphatic heterocycles. The molecule has 1 aliphatic rings. The van der Waals surface area contributed by atoms with Gasteiger partial charge in [-0.2, -0.15) is 0 Å². The molecule has 1 aromatic rings. The van der Waals surface area contributed by atoms with Gasteiger partial charge in [0.05, 0.1) is 13.2 Å². The van der Waals surface area contributed by atoms with Gasteiger partial charge in [-0.25, -0.2) is 4.98 Å². The number of nitrogens with zero attached hydrogens (tertiary/aromatic N) is 3. The molecule has 0 unspecified atom stereocenters. The van der Waals surface area contributed by atoms with Gasteiger partial charge in [-0.1, -0.05) is 13.8 Å². The van der Waals surface area contributed by atoms with Gasteiger partial charge >= 0.3 is 0 Å². The quantitative estimate of drug-likeness (QED) is 0.754. The zero-order valence-electron chi connectivity index (χ0n) is 12.5. The van der Waals surface area contributed by atoms with Gasteiger partial charge in [0.1, 0.15) is 6.61 Å². The fraction of sp³-hybridized carbons (Fsp3) is 0.667. The first-order valence-corrected chi connectivity index (χ1v) is 7.39. The van der Waals surface area contributed by atoms with Crippen LogP contribution in [0.2, 0.25) is 0 Å². The summed E-state index contributed by atoms with van der Waals surface area (Å²) in [5, 5.41) is 0. The summed E-state index contributed by atoms with van der Waals surface area (Å²) < 4.78 is 11.3. The number of likely N-dealkylation sites (N-methyl/N-ethyl adjacent to an activating group) is 1. The molecule has 0 aliphatic carbocycles. The largest absolute Gasteiger partial charge is 0.488 e. The Morgan fingerprint density at radius 3 is 2.80 bits per heavy atom. The minimum Gasteiger partial charge on any atom is -0.488 e. The first-order chi connectivity index (χ1) is 9.85. The van der Waals surface area contributed by atoms with E-state index < -0.39 is 0 Å². The number of pyridine rings is 1. The molecule has 0 atom stereocenters. The van der Waals surface area contributed by atoms with E-state index in [1.165, 1.54) is 0 Å². The highest BCUT2D eigenvalue weighted by Crippen LogP contribution is 2.25. The van der Waals surface area contributed by atoms with Crippen molar-refractivity contribution in [3.05, 3.63) is 18.3 Å². The lowest BCUT2D eigenvalue weighted by atomic mass is 10.3. The predicted octanol–water partition coefficient (Wildman–Crippen LogP) is 1.44. The van der Waals surface area contributed by atoms with Crippen molar-refractivity contribution < 1.29 is 9.47 Å². The molecular formula is C15H24N3O2. The van der Waals surface area contributed by atoms with Gasteiger partial charge in [-0.05, 0) is 19.2 Å². The minimum atomic E-state index is 0.668. The molecule has 0 amide bonds. The topological polar surface area (TPSA) is 37.8 Å². The van der Waals surface area contributed by atoms with E-state index in [0.717, 1.165) is 57.5 Å². The zero-order valence-corrected chi connectivity index (χ0v) is 12.5. The van der Waals surface area contributed by atoms with Crippen LogP contribution in [0, 0.1) is 6.07 Å². The van der Waals surface area contributed by atoms with E-state index in [2.05, 4.69) is 34.7 Å². The van der Waals surface area contributed by atoms with Crippen molar-refractivity contribution in [1.82, 2.24) is 9.88 Å². The number of hydrogen-bond acceptors (Lipinski definition) is 5. The second-order valence-corrected chi connectivity index (χ2v) is 4.72. The van der Waals surface area contributed by atoms with Crippen molar-refractivity contribution >= 4 is 5.82 Å². The lowest BCUT2D eigenvalue weighted by molar-refractivity contribution is 0.122. The summed E-state index contributed by atoms with van der Waals surface area (Å²) in [4.78, 5) is 8.98. The highest BCUT2D eigenvalue weighted by Gasteiger charge is 2.16. The van der Waals surface area contributed by atoms with Crippen LogP contribution in [-0.4, -0.2) is 62.4 Å². The van der Waals surface area contributed by atoms with Crippen LogP contribution in [0.15, 0.2) is 12.3 Å². The van der Waals surface area contributed by atoms with Crippen molar-refractivity contribution in [3.63, 3.8) is 0 Å². The summed E-state index contributed by atoms with van der Waals surface area (Å²) in [6.07, 6.45) is 1.77. The third-order valence-corrected chi connectivity index (χ3v) is 3.55. The molecule has 0 N–H and O–H groups in total. The van der Waals surface area contributed by atoms with Crippen LogP contribution in [0.1, 0.15) is 13.8 Å². The predicted molar refractivity (Wildman–Crippen MR) is 79.4 cm³/mol. The van der Waals surface area contributed by atoms with Crippen LogP contribution < -0.4 is 9.64 Å². The van der Waals surface area contributed by atoms with E-state index in [-0.39, 0.29) is 0 Å². The van der Waals surface area contributed by atoms with Gasteiger partial charge in [-0.15, -0.1) is 0 Å². The summed E-state index contributed by atoms with van der Waals surface area (Å²) in [5.41, 5.74) is 0. The Kier molecular flexibility index (Phi) is 6.08. The first-order valence-electron chi connectivity index (χ1n) is 7.39. The molecule has 20 heavy (non-hydrogen) atoms. The van der Waals surface area contributed by atoms with Crippen molar-refractivity contribution in [3.8, 4) is 5.75 Å². The van der Waals surface area contributed by atoms with Crippen LogP contribution in [0.4, 0.5) is 5.82 Å². The van der Waals surface area contributed by atoms with Crippen molar-refractivity contribution in [2.24, 2.45) is 0 Å². The van der Waals surface area contributed by atoms with Crippen molar-refractivity contribution in [1.29, 1.82) is 0 Å². The monoisotopic (exact) mass is 278 g/mol. The standard InChI is InChI=1S/C15H24N3O2/c1-3-17(4-2)8-13-20-14-6-5-7-16-15(14)18-9-11-19-12-10-18/h5,7H,3-4,8-13H2,1-2H3. The molecule has 2 heterocycles. The molecule has 0 spiro atoms. The molecule has 2 rings (SSSR count). The van der Waals surface area contributed by atoms with Crippen LogP contribution in [0.25, 0.3) is 0 Å². The van der Waals surface area contributed by atoms with Gasteiger partial charge in [0.25, 0.3) is 0 Å². The lowest BCUT2D eigenvalue weighted by Gasteiger charge is -2.29. The first kappa shape index (κ1) is 15.1. The highest BCUT2D eigenvalue weighted by atomic mass is 16.5. The average Bonchev–Trinajstić information content (AvgIpc) is 2.53. The van der Waals surface area contributed by atoms with E-state index >= 15 is 0 Å². The molecule has 1 fully saturated rings. The van der Waals surface area contributed by atoms with Crippen LogP contribution in [0.5, 0.6) is 5.75 Å². The van der Waals surface area contributed by atoms with Crippen molar-refractivity contribution in [2.45, 2.75) is 13.8 Å². The number of anilines is 1. The average molecular weight is 278 g/mol. The van der Waals surface area contributed by atoms with Gasteiger partial charge in [0, 0.05) is 31.9 Å². The SMILES string of the molecule is CCN(CC)CCOc1[c]ccnc1N1CCOCC1. The van der Waals surface area contributed by atoms with Gasteiger partial charge in [0.2, 0.25) is 0 Å². The fourth-order valence-corrected chi connectivity index (χ4v) is 2.27. The summed E-state index contributed by atoms with van der Waals surface area (Å²) in [5.74, 6) is 1.64. The fourth-order valence-electron chi connectivity index (χ4n) is 2.27. The number of ether oxygens (including phenoxy) is 2. The van der Waals surface area contributed by atoms with E-state index in [4.69, 9.17) is 9.47 Å². The third kappa shape index (κ3) is 4.08. The Morgan fingerprint density at radius 2 is 2.10 bits per heavy atom. The van der Waals surface area contributed by atoms with Gasteiger partial charge in [0.15, 0.2) is 11.6 Å². The molecular weight excluding hydrogens is 254 g/mol. The second-order valence-electron chi connectivity index (χ2n) is 4.72. The Bertz CT molecular complexity index is 390. The van der Waals surface area contributed by atoms with E-state index in [1.54, 1.807) is 12.3 Å². The normalized spacial score (nSPS) is 15.7. The van der Waals surface area contributed by atoms with Crippen LogP contribution in [-0.2, 0) is 4.74 Å². The van der Waals surface area contributed by atoms with Crippen molar-refractivity contribution in [2.75, 3.05) is 57.4 Å². The number of aromatic nitrogens is 1. The van der Waals surface area contributed by atoms with Crippen LogP contribution >= 0.6 is 0 Å². The second kappa shape index (κ2) is 8.07. The molecule has 0 bridgehead atoms. The summed E-state index contributed by atoms with van der Waals surface area (Å²) in [7, 11) is 0. The molecule has 0 saturated carbocycles. The Balaban J connectivity index is 1.93. The molecule has 1 radical (unpaired) electrons. The molecule has 5 heteroatoms. The van der Waals surface area contributed by atoms with Crippen LogP contribution in [0.3, 0.4) is 0 Å². The van der Waals surface area contributed by atoms with E-state index in [9.17, 15) is 0 Å². The molecule has 1 saturated heterocycles. The van der Waals surface area contributed by atoms with E-state index in [1.807, 2.05) is 0 Å². The summed E-state index contributed by atoms with van der Waals surface area (Å²) >= 11 is 0. The maximum absolute atomic E-state index is 5.88. The zero-order chi connectivity index (χ0) is 14.2. The maximum atomic E-state index is 5.88. The Labute approximate surface area is 121 Å². The summed E-state index contributed by atoms with van der Waals surface area (Å²) in [6, 6.07) is 4.96. The van der Waals surface area contributed by atoms with Gasteiger partial charge in [-0.3, -0.25) is 0 Å². The smallest absolute Gasteiger partial charge is 0.172 e. The minimum absolute atomic E-state index is 0.668. The van der Waals surface area contributed by atoms with Gasteiger partial charge < -0.3 is 19.3 Å². The molecule has 5 nitrogen and oxygen atoms in total. The number of morpholine rings is 1. The molecule has 1 aromatic heterocycles. The Hall–Kier alpha value is -1.33. The highest BCUT2D eigenvalue weighted by molar-refractivity contribution is 5.51. The summed E-state index contributed by atoms with van der Waals surface area (Å²) in [6.45, 7) is 11.2. The third-order valence-electron chi connectivity index (χ3n) is 3.55. The number of rotatable bonds is 7. The Morgan fingerprint density at radius 1 is 1.35 bits per heavy atom. The van der Waals surface area contributed by atoms with E-state index in [0.29, 0.717) is 6.61 Å².